The first kappa shape index (κ1) is 12.9. The summed E-state index contributed by atoms with van der Waals surface area (Å²) in [5.41, 5.74) is 5.83. The van der Waals surface area contributed by atoms with E-state index in [0.717, 1.165) is 32.1 Å². The second kappa shape index (κ2) is 6.46. The minimum atomic E-state index is 0.626. The number of likely N-dealkylation sites (N-methyl/N-ethyl adjacent to an activating group) is 2. The molecule has 3 nitrogen and oxygen atoms in total. The SMILES string of the molecule is CCN(CC)CCN(C)C(CN)C1CC1. The van der Waals surface area contributed by atoms with Crippen molar-refractivity contribution >= 4 is 0 Å². The van der Waals surface area contributed by atoms with Gasteiger partial charge in [0.2, 0.25) is 0 Å². The highest BCUT2D eigenvalue weighted by molar-refractivity contribution is 4.87. The molecule has 1 atom stereocenters. The first-order valence-corrected chi connectivity index (χ1v) is 6.35. The van der Waals surface area contributed by atoms with E-state index in [9.17, 15) is 0 Å². The highest BCUT2D eigenvalue weighted by atomic mass is 15.2. The lowest BCUT2D eigenvalue weighted by Crippen LogP contribution is -2.43. The van der Waals surface area contributed by atoms with Gasteiger partial charge in [-0.2, -0.15) is 0 Å². The molecule has 0 heterocycles. The normalized spacial score (nSPS) is 18.8. The van der Waals surface area contributed by atoms with Gasteiger partial charge in [0, 0.05) is 25.7 Å². The summed E-state index contributed by atoms with van der Waals surface area (Å²) in [4.78, 5) is 4.92. The minimum Gasteiger partial charge on any atom is -0.329 e. The van der Waals surface area contributed by atoms with Crippen LogP contribution in [0.1, 0.15) is 26.7 Å². The molecule has 1 fully saturated rings. The van der Waals surface area contributed by atoms with Crippen LogP contribution in [0, 0.1) is 5.92 Å². The van der Waals surface area contributed by atoms with Gasteiger partial charge in [-0.05, 0) is 38.9 Å². The zero-order chi connectivity index (χ0) is 11.3. The van der Waals surface area contributed by atoms with Gasteiger partial charge in [-0.15, -0.1) is 0 Å². The van der Waals surface area contributed by atoms with Crippen LogP contribution >= 0.6 is 0 Å². The Kier molecular flexibility index (Phi) is 5.58. The smallest absolute Gasteiger partial charge is 0.0244 e. The molecule has 15 heavy (non-hydrogen) atoms. The molecule has 1 aliphatic rings. The maximum absolute atomic E-state index is 5.83. The van der Waals surface area contributed by atoms with Crippen LogP contribution in [0.4, 0.5) is 0 Å². The Balaban J connectivity index is 2.23. The highest BCUT2D eigenvalue weighted by Crippen LogP contribution is 2.34. The number of hydrogen-bond donors (Lipinski definition) is 1. The second-order valence-corrected chi connectivity index (χ2v) is 4.65. The van der Waals surface area contributed by atoms with Gasteiger partial charge in [0.05, 0.1) is 0 Å². The van der Waals surface area contributed by atoms with Crippen molar-refractivity contribution in [3.05, 3.63) is 0 Å². The van der Waals surface area contributed by atoms with Gasteiger partial charge in [-0.1, -0.05) is 13.8 Å². The summed E-state index contributed by atoms with van der Waals surface area (Å²) in [7, 11) is 2.22. The third-order valence-corrected chi connectivity index (χ3v) is 3.64. The summed E-state index contributed by atoms with van der Waals surface area (Å²) < 4.78 is 0. The van der Waals surface area contributed by atoms with Gasteiger partial charge in [0.25, 0.3) is 0 Å². The second-order valence-electron chi connectivity index (χ2n) is 4.65. The van der Waals surface area contributed by atoms with Crippen LogP contribution in [0.5, 0.6) is 0 Å². The Bertz CT molecular complexity index is 164. The molecule has 0 spiro atoms. The zero-order valence-corrected chi connectivity index (χ0v) is 10.6. The van der Waals surface area contributed by atoms with Crippen molar-refractivity contribution in [3.63, 3.8) is 0 Å². The summed E-state index contributed by atoms with van der Waals surface area (Å²) in [6, 6.07) is 0.626. The lowest BCUT2D eigenvalue weighted by molar-refractivity contribution is 0.185. The monoisotopic (exact) mass is 213 g/mol. The Hall–Kier alpha value is -0.120. The predicted octanol–water partition coefficient (Wildman–Crippen LogP) is 0.997. The van der Waals surface area contributed by atoms with E-state index in [1.165, 1.54) is 19.4 Å². The van der Waals surface area contributed by atoms with Crippen molar-refractivity contribution in [2.45, 2.75) is 32.7 Å². The number of hydrogen-bond acceptors (Lipinski definition) is 3. The topological polar surface area (TPSA) is 32.5 Å². The molecule has 1 unspecified atom stereocenters. The minimum absolute atomic E-state index is 0.626. The van der Waals surface area contributed by atoms with Crippen molar-refractivity contribution < 1.29 is 0 Å². The molecule has 3 heteroatoms. The van der Waals surface area contributed by atoms with Crippen molar-refractivity contribution in [1.82, 2.24) is 9.80 Å². The first-order chi connectivity index (χ1) is 7.22. The fourth-order valence-corrected chi connectivity index (χ4v) is 2.22. The van der Waals surface area contributed by atoms with Crippen molar-refractivity contribution in [2.75, 3.05) is 39.8 Å². The van der Waals surface area contributed by atoms with Crippen LogP contribution in [0.3, 0.4) is 0 Å². The number of rotatable bonds is 8. The van der Waals surface area contributed by atoms with E-state index in [-0.39, 0.29) is 0 Å². The van der Waals surface area contributed by atoms with Gasteiger partial charge in [0.1, 0.15) is 0 Å². The summed E-state index contributed by atoms with van der Waals surface area (Å²) >= 11 is 0. The average molecular weight is 213 g/mol. The Labute approximate surface area is 94.6 Å². The molecule has 0 aromatic carbocycles. The maximum Gasteiger partial charge on any atom is 0.0244 e. The molecule has 0 amide bonds. The quantitative estimate of drug-likeness (QED) is 0.653. The van der Waals surface area contributed by atoms with E-state index in [0.29, 0.717) is 6.04 Å². The summed E-state index contributed by atoms with van der Waals surface area (Å²) in [5, 5.41) is 0. The van der Waals surface area contributed by atoms with Crippen LogP contribution in [0.15, 0.2) is 0 Å². The zero-order valence-electron chi connectivity index (χ0n) is 10.6. The molecule has 2 N–H and O–H groups in total. The van der Waals surface area contributed by atoms with E-state index < -0.39 is 0 Å². The average Bonchev–Trinajstić information content (AvgIpc) is 3.05. The molecule has 1 saturated carbocycles. The van der Waals surface area contributed by atoms with Crippen LogP contribution < -0.4 is 5.73 Å². The molecule has 0 radical (unpaired) electrons. The summed E-state index contributed by atoms with van der Waals surface area (Å²) in [5.74, 6) is 0.886. The first-order valence-electron chi connectivity index (χ1n) is 6.35. The molecular formula is C12H27N3. The molecule has 0 aromatic heterocycles. The third-order valence-electron chi connectivity index (χ3n) is 3.64. The van der Waals surface area contributed by atoms with Gasteiger partial charge in [-0.3, -0.25) is 0 Å². The third kappa shape index (κ3) is 4.09. The fourth-order valence-electron chi connectivity index (χ4n) is 2.22. The van der Waals surface area contributed by atoms with Crippen LogP contribution in [-0.2, 0) is 0 Å². The van der Waals surface area contributed by atoms with Gasteiger partial charge >= 0.3 is 0 Å². The molecule has 0 aromatic rings. The van der Waals surface area contributed by atoms with Crippen molar-refractivity contribution in [1.29, 1.82) is 0 Å². The highest BCUT2D eigenvalue weighted by Gasteiger charge is 2.32. The van der Waals surface area contributed by atoms with Crippen molar-refractivity contribution in [2.24, 2.45) is 11.7 Å². The van der Waals surface area contributed by atoms with Crippen LogP contribution in [0.2, 0.25) is 0 Å². The Morgan fingerprint density at radius 3 is 2.20 bits per heavy atom. The number of nitrogens with zero attached hydrogens (tertiary/aromatic N) is 2. The molecular weight excluding hydrogens is 186 g/mol. The lowest BCUT2D eigenvalue weighted by atomic mass is 10.1. The van der Waals surface area contributed by atoms with E-state index in [1.807, 2.05) is 0 Å². The van der Waals surface area contributed by atoms with Crippen LogP contribution in [-0.4, -0.2) is 55.6 Å². The van der Waals surface area contributed by atoms with E-state index >= 15 is 0 Å². The molecule has 90 valence electrons. The van der Waals surface area contributed by atoms with E-state index in [1.54, 1.807) is 0 Å². The van der Waals surface area contributed by atoms with E-state index in [4.69, 9.17) is 5.73 Å². The van der Waals surface area contributed by atoms with Gasteiger partial charge < -0.3 is 15.5 Å². The predicted molar refractivity (Wildman–Crippen MR) is 66.0 cm³/mol. The number of nitrogens with two attached hydrogens (primary N) is 1. The molecule has 0 aliphatic heterocycles. The fraction of sp³-hybridized carbons (Fsp3) is 1.00. The summed E-state index contributed by atoms with van der Waals surface area (Å²) in [6.45, 7) is 9.91. The maximum atomic E-state index is 5.83. The Morgan fingerprint density at radius 2 is 1.80 bits per heavy atom. The summed E-state index contributed by atoms with van der Waals surface area (Å²) in [6.07, 6.45) is 2.77. The Morgan fingerprint density at radius 1 is 1.20 bits per heavy atom. The molecule has 0 bridgehead atoms. The largest absolute Gasteiger partial charge is 0.329 e. The van der Waals surface area contributed by atoms with Crippen LogP contribution in [0.25, 0.3) is 0 Å². The van der Waals surface area contributed by atoms with Gasteiger partial charge in [0.15, 0.2) is 0 Å². The molecule has 1 aliphatic carbocycles. The van der Waals surface area contributed by atoms with Crippen molar-refractivity contribution in [3.8, 4) is 0 Å². The molecule has 1 rings (SSSR count). The lowest BCUT2D eigenvalue weighted by Gasteiger charge is -2.29. The standard InChI is InChI=1S/C12H27N3/c1-4-15(5-2)9-8-14(3)12(10-13)11-6-7-11/h11-12H,4-10,13H2,1-3H3. The van der Waals surface area contributed by atoms with E-state index in [2.05, 4.69) is 30.7 Å². The molecule has 0 saturated heterocycles. The van der Waals surface area contributed by atoms with Gasteiger partial charge in [-0.25, -0.2) is 0 Å².